The normalized spacial score (nSPS) is 18.5. The molecule has 2 heterocycles. The minimum Gasteiger partial charge on any atom is -0.378 e. The summed E-state index contributed by atoms with van der Waals surface area (Å²) in [6.45, 7) is 3.70. The first-order valence-electron chi connectivity index (χ1n) is 11.3. The molecule has 0 saturated heterocycles. The van der Waals surface area contributed by atoms with E-state index >= 15 is 0 Å². The van der Waals surface area contributed by atoms with E-state index in [0.29, 0.717) is 6.10 Å². The summed E-state index contributed by atoms with van der Waals surface area (Å²) in [7, 11) is 1.83. The van der Waals surface area contributed by atoms with Crippen LogP contribution in [-0.4, -0.2) is 53.6 Å². The molecule has 0 bridgehead atoms. The van der Waals surface area contributed by atoms with Gasteiger partial charge < -0.3 is 19.9 Å². The molecule has 1 aliphatic carbocycles. The molecule has 0 aromatic carbocycles. The van der Waals surface area contributed by atoms with Crippen molar-refractivity contribution in [2.45, 2.75) is 89.7 Å². The number of guanidine groups is 1. The van der Waals surface area contributed by atoms with Crippen LogP contribution in [0.15, 0.2) is 4.99 Å². The van der Waals surface area contributed by atoms with Crippen LogP contribution in [0.3, 0.4) is 0 Å². The molecule has 1 aromatic heterocycles. The summed E-state index contributed by atoms with van der Waals surface area (Å²) in [6, 6.07) is 0. The fourth-order valence-electron chi connectivity index (χ4n) is 4.16. The second-order valence-electron chi connectivity index (χ2n) is 8.01. The van der Waals surface area contributed by atoms with Crippen LogP contribution in [0, 0.1) is 0 Å². The van der Waals surface area contributed by atoms with Crippen molar-refractivity contribution in [1.29, 1.82) is 0 Å². The van der Waals surface area contributed by atoms with Crippen LogP contribution in [0.25, 0.3) is 0 Å². The summed E-state index contributed by atoms with van der Waals surface area (Å²) in [4.78, 5) is 4.31. The highest BCUT2D eigenvalue weighted by Gasteiger charge is 2.14. The Bertz CT molecular complexity index is 594. The van der Waals surface area contributed by atoms with Crippen LogP contribution in [0.5, 0.6) is 0 Å². The van der Waals surface area contributed by atoms with Crippen molar-refractivity contribution in [2.24, 2.45) is 4.99 Å². The van der Waals surface area contributed by atoms with Gasteiger partial charge >= 0.3 is 0 Å². The first kappa shape index (κ1) is 21.1. The maximum atomic E-state index is 5.98. The van der Waals surface area contributed by atoms with Gasteiger partial charge in [0.25, 0.3) is 0 Å². The Morgan fingerprint density at radius 2 is 1.82 bits per heavy atom. The van der Waals surface area contributed by atoms with Crippen molar-refractivity contribution in [1.82, 2.24) is 25.4 Å². The van der Waals surface area contributed by atoms with Crippen molar-refractivity contribution in [3.63, 3.8) is 0 Å². The number of ether oxygens (including phenoxy) is 1. The summed E-state index contributed by atoms with van der Waals surface area (Å²) < 4.78 is 8.32. The maximum absolute atomic E-state index is 5.98. The molecular formula is C21H38N6O. The second-order valence-corrected chi connectivity index (χ2v) is 8.01. The van der Waals surface area contributed by atoms with E-state index in [0.717, 1.165) is 63.7 Å². The molecule has 3 rings (SSSR count). The van der Waals surface area contributed by atoms with Gasteiger partial charge in [-0.25, -0.2) is 0 Å². The molecule has 0 radical (unpaired) electrons. The van der Waals surface area contributed by atoms with E-state index in [-0.39, 0.29) is 0 Å². The maximum Gasteiger partial charge on any atom is 0.190 e. The van der Waals surface area contributed by atoms with Gasteiger partial charge in [0.2, 0.25) is 0 Å². The van der Waals surface area contributed by atoms with Crippen LogP contribution in [0.2, 0.25) is 0 Å². The number of rotatable bonds is 9. The quantitative estimate of drug-likeness (QED) is 0.385. The predicted molar refractivity (Wildman–Crippen MR) is 113 cm³/mol. The molecule has 0 amide bonds. The van der Waals surface area contributed by atoms with Crippen LogP contribution in [0.4, 0.5) is 0 Å². The van der Waals surface area contributed by atoms with Gasteiger partial charge in [-0.05, 0) is 38.5 Å². The zero-order chi connectivity index (χ0) is 19.4. The first-order chi connectivity index (χ1) is 13.9. The average Bonchev–Trinajstić information content (AvgIpc) is 2.96. The predicted octanol–water partition coefficient (Wildman–Crippen LogP) is 2.84. The van der Waals surface area contributed by atoms with Crippen molar-refractivity contribution in [2.75, 3.05) is 26.7 Å². The Morgan fingerprint density at radius 3 is 2.64 bits per heavy atom. The van der Waals surface area contributed by atoms with Gasteiger partial charge in [0.15, 0.2) is 5.96 Å². The van der Waals surface area contributed by atoms with E-state index in [9.17, 15) is 0 Å². The molecule has 0 spiro atoms. The topological polar surface area (TPSA) is 76.4 Å². The van der Waals surface area contributed by atoms with E-state index in [1.54, 1.807) is 0 Å². The monoisotopic (exact) mass is 390 g/mol. The van der Waals surface area contributed by atoms with Crippen molar-refractivity contribution in [3.05, 3.63) is 11.6 Å². The molecule has 1 fully saturated rings. The molecule has 28 heavy (non-hydrogen) atoms. The molecule has 1 aromatic rings. The van der Waals surface area contributed by atoms with Crippen LogP contribution in [-0.2, 0) is 24.1 Å². The molecule has 7 nitrogen and oxygen atoms in total. The first-order valence-corrected chi connectivity index (χ1v) is 11.3. The number of nitrogens with one attached hydrogen (secondary N) is 2. The Labute approximate surface area is 169 Å². The second kappa shape index (κ2) is 12.0. The van der Waals surface area contributed by atoms with E-state index in [4.69, 9.17) is 4.74 Å². The Balaban J connectivity index is 1.26. The molecule has 1 saturated carbocycles. The van der Waals surface area contributed by atoms with Crippen molar-refractivity contribution < 1.29 is 4.74 Å². The number of aromatic nitrogens is 3. The lowest BCUT2D eigenvalue weighted by Gasteiger charge is -2.22. The fraction of sp³-hybridized carbons (Fsp3) is 0.857. The number of hydrogen-bond acceptors (Lipinski definition) is 4. The summed E-state index contributed by atoms with van der Waals surface area (Å²) in [6.07, 6.45) is 14.9. The van der Waals surface area contributed by atoms with Crippen molar-refractivity contribution in [3.8, 4) is 0 Å². The Morgan fingerprint density at radius 1 is 1.04 bits per heavy atom. The standard InChI is InChI=1S/C21H38N6O/c1-22-21(24-15-9-17-28-18-10-4-2-5-11-18)23-14-8-13-20-26-25-19-12-6-3-7-16-27(19)20/h18H,2-17H2,1H3,(H2,22,23,24). The fourth-order valence-corrected chi connectivity index (χ4v) is 4.16. The van der Waals surface area contributed by atoms with E-state index < -0.39 is 0 Å². The zero-order valence-corrected chi connectivity index (χ0v) is 17.6. The van der Waals surface area contributed by atoms with Gasteiger partial charge in [0, 0.05) is 46.1 Å². The number of fused-ring (bicyclic) bond motifs is 1. The summed E-state index contributed by atoms with van der Waals surface area (Å²) in [5.41, 5.74) is 0. The lowest BCUT2D eigenvalue weighted by molar-refractivity contribution is 0.0277. The Hall–Kier alpha value is -1.63. The summed E-state index contributed by atoms with van der Waals surface area (Å²) in [5, 5.41) is 15.6. The van der Waals surface area contributed by atoms with Gasteiger partial charge in [-0.3, -0.25) is 4.99 Å². The minimum atomic E-state index is 0.499. The molecule has 7 heteroatoms. The zero-order valence-electron chi connectivity index (χ0n) is 17.6. The van der Waals surface area contributed by atoms with Gasteiger partial charge in [-0.2, -0.15) is 0 Å². The third-order valence-corrected chi connectivity index (χ3v) is 5.80. The third-order valence-electron chi connectivity index (χ3n) is 5.80. The number of nitrogens with zero attached hydrogens (tertiary/aromatic N) is 4. The highest BCUT2D eigenvalue weighted by atomic mass is 16.5. The molecular weight excluding hydrogens is 352 g/mol. The summed E-state index contributed by atoms with van der Waals surface area (Å²) in [5.74, 6) is 3.19. The number of aliphatic imine (C=N–C) groups is 1. The Kier molecular flexibility index (Phi) is 9.07. The summed E-state index contributed by atoms with van der Waals surface area (Å²) >= 11 is 0. The van der Waals surface area contributed by atoms with Crippen molar-refractivity contribution >= 4 is 5.96 Å². The van der Waals surface area contributed by atoms with Crippen LogP contribution in [0.1, 0.15) is 75.9 Å². The lowest BCUT2D eigenvalue weighted by Crippen LogP contribution is -2.38. The highest BCUT2D eigenvalue weighted by molar-refractivity contribution is 5.79. The van der Waals surface area contributed by atoms with Gasteiger partial charge in [0.1, 0.15) is 11.6 Å². The highest BCUT2D eigenvalue weighted by Crippen LogP contribution is 2.20. The molecule has 158 valence electrons. The largest absolute Gasteiger partial charge is 0.378 e. The number of hydrogen-bond donors (Lipinski definition) is 2. The molecule has 0 atom stereocenters. The number of aryl methyl sites for hydroxylation is 2. The van der Waals surface area contributed by atoms with E-state index in [1.807, 2.05) is 7.05 Å². The average molecular weight is 391 g/mol. The lowest BCUT2D eigenvalue weighted by atomic mass is 9.98. The van der Waals surface area contributed by atoms with E-state index in [1.165, 1.54) is 57.2 Å². The van der Waals surface area contributed by atoms with Gasteiger partial charge in [-0.15, -0.1) is 10.2 Å². The van der Waals surface area contributed by atoms with Gasteiger partial charge in [0.05, 0.1) is 6.10 Å². The van der Waals surface area contributed by atoms with E-state index in [2.05, 4.69) is 30.4 Å². The molecule has 0 unspecified atom stereocenters. The molecule has 1 aliphatic heterocycles. The SMILES string of the molecule is CN=C(NCCCOC1CCCCC1)NCCCc1nnc2n1CCCCC2. The molecule has 2 N–H and O–H groups in total. The minimum absolute atomic E-state index is 0.499. The van der Waals surface area contributed by atoms with Crippen LogP contribution >= 0.6 is 0 Å². The van der Waals surface area contributed by atoms with Gasteiger partial charge in [-0.1, -0.05) is 25.7 Å². The van der Waals surface area contributed by atoms with Crippen LogP contribution < -0.4 is 10.6 Å². The molecule has 2 aliphatic rings. The third kappa shape index (κ3) is 6.76. The smallest absolute Gasteiger partial charge is 0.190 e.